The molecule has 140 valence electrons. The topological polar surface area (TPSA) is 106 Å². The molecule has 2 unspecified atom stereocenters. The van der Waals surface area contributed by atoms with Gasteiger partial charge in [0.2, 0.25) is 0 Å². The molecule has 0 aromatic rings. The summed E-state index contributed by atoms with van der Waals surface area (Å²) in [4.78, 5) is 21.7. The normalized spacial score (nSPS) is 32.5. The molecule has 2 saturated heterocycles. The third kappa shape index (κ3) is 5.01. The van der Waals surface area contributed by atoms with Gasteiger partial charge < -0.3 is 20.0 Å². The zero-order valence-electron chi connectivity index (χ0n) is 14.2. The minimum absolute atomic E-state index is 0.135. The molecule has 24 heavy (non-hydrogen) atoms. The molecule has 0 N–H and O–H groups in total. The van der Waals surface area contributed by atoms with Crippen molar-refractivity contribution in [2.75, 3.05) is 39.6 Å². The van der Waals surface area contributed by atoms with Crippen molar-refractivity contribution < 1.29 is 43.9 Å². The average molecular weight is 350 g/mol. The van der Waals surface area contributed by atoms with Crippen LogP contribution in [0.2, 0.25) is 0 Å². The Morgan fingerprint density at radius 2 is 1.38 bits per heavy atom. The highest BCUT2D eigenvalue weighted by atomic mass is 17.6. The zero-order chi connectivity index (χ0) is 17.6. The van der Waals surface area contributed by atoms with E-state index in [-0.39, 0.29) is 50.5 Å². The Labute approximate surface area is 141 Å². The quantitative estimate of drug-likeness (QED) is 0.384. The Morgan fingerprint density at radius 3 is 1.67 bits per heavy atom. The highest BCUT2D eigenvalue weighted by Gasteiger charge is 2.40. The van der Waals surface area contributed by atoms with Crippen LogP contribution in [0.25, 0.3) is 0 Å². The maximum atomic E-state index is 11.9. The van der Waals surface area contributed by atoms with Crippen molar-refractivity contribution in [3.05, 3.63) is 0 Å². The van der Waals surface area contributed by atoms with E-state index in [1.807, 2.05) is 13.8 Å². The van der Waals surface area contributed by atoms with Gasteiger partial charge in [0.1, 0.15) is 26.4 Å². The molecule has 2 atom stereocenters. The summed E-state index contributed by atoms with van der Waals surface area (Å²) in [5.41, 5.74) is -0.744. The van der Waals surface area contributed by atoms with Crippen molar-refractivity contribution in [3.63, 3.8) is 0 Å². The molecule has 2 rings (SSSR count). The van der Waals surface area contributed by atoms with Crippen LogP contribution >= 0.6 is 0 Å². The molecule has 9 nitrogen and oxygen atoms in total. The molecule has 9 heteroatoms. The first kappa shape index (κ1) is 19.4. The lowest BCUT2D eigenvalue weighted by Crippen LogP contribution is -2.45. The van der Waals surface area contributed by atoms with Crippen molar-refractivity contribution >= 4 is 6.16 Å². The zero-order valence-corrected chi connectivity index (χ0v) is 14.2. The van der Waals surface area contributed by atoms with Crippen molar-refractivity contribution in [3.8, 4) is 0 Å². The van der Waals surface area contributed by atoms with Crippen molar-refractivity contribution in [1.82, 2.24) is 0 Å². The molecular weight excluding hydrogens is 324 g/mol. The number of hydrogen-bond donors (Lipinski definition) is 0. The largest absolute Gasteiger partial charge is 0.508 e. The summed E-state index contributed by atoms with van der Waals surface area (Å²) >= 11 is 0. The summed E-state index contributed by atoms with van der Waals surface area (Å²) in [6.07, 6.45) is 1.81. The molecule has 0 aliphatic carbocycles. The number of carbonyl (C=O) groups is 1. The Morgan fingerprint density at radius 1 is 0.958 bits per heavy atom. The van der Waals surface area contributed by atoms with Gasteiger partial charge in [-0.1, -0.05) is 13.8 Å². The maximum absolute atomic E-state index is 11.9. The second kappa shape index (κ2) is 8.41. The van der Waals surface area contributed by atoms with Crippen LogP contribution in [0, 0.1) is 10.8 Å². The Hall–Kier alpha value is -0.970. The first-order valence-electron chi connectivity index (χ1n) is 8.25. The fourth-order valence-electron chi connectivity index (χ4n) is 2.70. The predicted molar refractivity (Wildman–Crippen MR) is 75.8 cm³/mol. The van der Waals surface area contributed by atoms with E-state index < -0.39 is 6.16 Å². The second-order valence-corrected chi connectivity index (χ2v) is 6.57. The first-order chi connectivity index (χ1) is 11.4. The molecule has 0 spiro atoms. The first-order valence-corrected chi connectivity index (χ1v) is 8.25. The predicted octanol–water partition coefficient (Wildman–Crippen LogP) is 0.258. The van der Waals surface area contributed by atoms with Crippen molar-refractivity contribution in [2.24, 2.45) is 10.8 Å². The van der Waals surface area contributed by atoms with Gasteiger partial charge in [-0.25, -0.2) is 14.1 Å². The SMILES string of the molecule is CCC1(COC(=O)OCC2(CC)CC[O+]([O-])OC2)CC[O+]([O-])OC1. The lowest BCUT2D eigenvalue weighted by molar-refractivity contribution is -0.913. The molecule has 0 amide bonds. The molecule has 0 aromatic heterocycles. The van der Waals surface area contributed by atoms with E-state index in [1.54, 1.807) is 0 Å². The van der Waals surface area contributed by atoms with Crippen LogP contribution < -0.4 is 10.5 Å². The van der Waals surface area contributed by atoms with Crippen LogP contribution in [-0.2, 0) is 28.6 Å². The van der Waals surface area contributed by atoms with E-state index in [9.17, 15) is 15.3 Å². The van der Waals surface area contributed by atoms with Crippen LogP contribution in [0.3, 0.4) is 0 Å². The number of hydrogen-bond acceptors (Lipinski definition) is 7. The van der Waals surface area contributed by atoms with Gasteiger partial charge in [0.05, 0.1) is 0 Å². The van der Waals surface area contributed by atoms with Gasteiger partial charge in [0, 0.05) is 23.7 Å². The third-order valence-corrected chi connectivity index (χ3v) is 5.08. The van der Waals surface area contributed by atoms with E-state index >= 15 is 0 Å². The van der Waals surface area contributed by atoms with Gasteiger partial charge in [-0.3, -0.25) is 0 Å². The smallest absolute Gasteiger partial charge is 0.486 e. The van der Waals surface area contributed by atoms with Gasteiger partial charge in [-0.15, -0.1) is 9.78 Å². The van der Waals surface area contributed by atoms with Crippen LogP contribution in [0.15, 0.2) is 0 Å². The van der Waals surface area contributed by atoms with Gasteiger partial charge >= 0.3 is 6.16 Å². The van der Waals surface area contributed by atoms with Crippen molar-refractivity contribution in [2.45, 2.75) is 39.5 Å². The molecule has 0 saturated carbocycles. The highest BCUT2D eigenvalue weighted by Crippen LogP contribution is 2.33. The minimum atomic E-state index is -0.759. The number of ether oxygens (including phenoxy) is 2. The van der Waals surface area contributed by atoms with Gasteiger partial charge in [-0.05, 0) is 12.8 Å². The number of carbonyl (C=O) groups excluding carboxylic acids is 1. The summed E-state index contributed by atoms with van der Waals surface area (Å²) in [5.74, 6) is 0. The molecule has 0 bridgehead atoms. The minimum Gasteiger partial charge on any atom is -0.486 e. The molecular formula is C15H26O9. The summed E-state index contributed by atoms with van der Waals surface area (Å²) in [5, 5.41) is 22.0. The van der Waals surface area contributed by atoms with Gasteiger partial charge in [0.25, 0.3) is 0 Å². The summed E-state index contributed by atoms with van der Waals surface area (Å²) in [6, 6.07) is 0. The van der Waals surface area contributed by atoms with Gasteiger partial charge in [0.15, 0.2) is 13.2 Å². The lowest BCUT2D eigenvalue weighted by Gasteiger charge is -2.37. The molecule has 2 fully saturated rings. The fourth-order valence-corrected chi connectivity index (χ4v) is 2.70. The van der Waals surface area contributed by atoms with Crippen LogP contribution in [0.5, 0.6) is 0 Å². The Kier molecular flexibility index (Phi) is 6.79. The van der Waals surface area contributed by atoms with E-state index in [2.05, 4.69) is 0 Å². The van der Waals surface area contributed by atoms with Gasteiger partial charge in [-0.2, -0.15) is 0 Å². The molecule has 2 aliphatic heterocycles. The number of rotatable bonds is 6. The fraction of sp³-hybridized carbons (Fsp3) is 0.933. The molecule has 2 aliphatic rings. The summed E-state index contributed by atoms with van der Waals surface area (Å²) in [6.45, 7) is 4.91. The third-order valence-electron chi connectivity index (χ3n) is 5.08. The monoisotopic (exact) mass is 350 g/mol. The average Bonchev–Trinajstić information content (AvgIpc) is 2.62. The Balaban J connectivity index is 1.76. The standard InChI is InChI=1S/C15H26O9/c1-3-14(5-7-23(17)21-11-14)9-19-13(16)20-10-15(4-2)6-8-24(18)22-12-15/h3-12H2,1-2H3. The van der Waals surface area contributed by atoms with Crippen LogP contribution in [0.1, 0.15) is 39.5 Å². The van der Waals surface area contributed by atoms with Crippen LogP contribution in [0.4, 0.5) is 4.79 Å². The lowest BCUT2D eigenvalue weighted by atomic mass is 9.83. The van der Waals surface area contributed by atoms with Crippen LogP contribution in [-0.4, -0.2) is 45.8 Å². The van der Waals surface area contributed by atoms with E-state index in [0.29, 0.717) is 12.8 Å². The molecule has 0 radical (unpaired) electrons. The summed E-state index contributed by atoms with van der Waals surface area (Å²) in [7, 11) is 0. The second-order valence-electron chi connectivity index (χ2n) is 6.57. The van der Waals surface area contributed by atoms with E-state index in [0.717, 1.165) is 12.8 Å². The highest BCUT2D eigenvalue weighted by molar-refractivity contribution is 5.59. The Bertz CT molecular complexity index is 362. The maximum Gasteiger partial charge on any atom is 0.508 e. The van der Waals surface area contributed by atoms with E-state index in [4.69, 9.17) is 19.2 Å². The van der Waals surface area contributed by atoms with E-state index in [1.165, 1.54) is 9.34 Å². The van der Waals surface area contributed by atoms with Crippen molar-refractivity contribution in [1.29, 1.82) is 0 Å². The molecule has 2 heterocycles. The molecule has 0 aromatic carbocycles. The summed E-state index contributed by atoms with van der Waals surface area (Å²) < 4.78 is 13.1.